The summed E-state index contributed by atoms with van der Waals surface area (Å²) in [5, 5.41) is 0. The SMILES string of the molecule is CCCC[C@@H]1C2CC(C)(C)C3C2C([C@@H]1C)C3(C)C. The van der Waals surface area contributed by atoms with Crippen molar-refractivity contribution >= 4 is 0 Å². The number of hydrogen-bond donors (Lipinski definition) is 0. The van der Waals surface area contributed by atoms with Gasteiger partial charge in [-0.2, -0.15) is 0 Å². The van der Waals surface area contributed by atoms with Gasteiger partial charge < -0.3 is 0 Å². The maximum Gasteiger partial charge on any atom is -0.0274 e. The Morgan fingerprint density at radius 1 is 1.11 bits per heavy atom. The Morgan fingerprint density at radius 3 is 2.39 bits per heavy atom. The Bertz CT molecular complexity index is 338. The Balaban J connectivity index is 1.88. The lowest BCUT2D eigenvalue weighted by Gasteiger charge is -2.60. The summed E-state index contributed by atoms with van der Waals surface area (Å²) >= 11 is 0. The predicted molar refractivity (Wildman–Crippen MR) is 78.3 cm³/mol. The van der Waals surface area contributed by atoms with Crippen LogP contribution in [0, 0.1) is 46.3 Å². The maximum absolute atomic E-state index is 2.58. The van der Waals surface area contributed by atoms with Crippen LogP contribution in [0.5, 0.6) is 0 Å². The highest BCUT2D eigenvalue weighted by molar-refractivity contribution is 5.20. The van der Waals surface area contributed by atoms with E-state index in [4.69, 9.17) is 0 Å². The number of rotatable bonds is 3. The van der Waals surface area contributed by atoms with E-state index >= 15 is 0 Å². The first-order valence-electron chi connectivity index (χ1n) is 8.32. The predicted octanol–water partition coefficient (Wildman–Crippen LogP) is 5.38. The van der Waals surface area contributed by atoms with Gasteiger partial charge in [0.25, 0.3) is 0 Å². The molecule has 0 N–H and O–H groups in total. The second-order valence-electron chi connectivity index (χ2n) is 8.92. The third-order valence-electron chi connectivity index (χ3n) is 7.24. The average Bonchev–Trinajstić information content (AvgIpc) is 2.60. The molecule has 0 aliphatic heterocycles. The van der Waals surface area contributed by atoms with E-state index in [1.54, 1.807) is 0 Å². The summed E-state index contributed by atoms with van der Waals surface area (Å²) < 4.78 is 0. The largest absolute Gasteiger partial charge is 0.0654 e. The smallest absolute Gasteiger partial charge is 0.0274 e. The van der Waals surface area contributed by atoms with Crippen LogP contribution in [-0.4, -0.2) is 0 Å². The molecule has 3 aliphatic rings. The summed E-state index contributed by atoms with van der Waals surface area (Å²) in [5.41, 5.74) is 1.23. The quantitative estimate of drug-likeness (QED) is 0.629. The molecule has 4 unspecified atom stereocenters. The van der Waals surface area contributed by atoms with Crippen LogP contribution in [0.4, 0.5) is 0 Å². The third kappa shape index (κ3) is 1.38. The second kappa shape index (κ2) is 3.76. The highest BCUT2D eigenvalue weighted by atomic mass is 14.8. The van der Waals surface area contributed by atoms with E-state index in [1.165, 1.54) is 25.7 Å². The van der Waals surface area contributed by atoms with Gasteiger partial charge in [0, 0.05) is 0 Å². The highest BCUT2D eigenvalue weighted by Crippen LogP contribution is 2.78. The topological polar surface area (TPSA) is 0 Å². The van der Waals surface area contributed by atoms with Gasteiger partial charge in [-0.15, -0.1) is 0 Å². The Labute approximate surface area is 114 Å². The van der Waals surface area contributed by atoms with E-state index in [0.29, 0.717) is 10.8 Å². The lowest BCUT2D eigenvalue weighted by Crippen LogP contribution is -2.55. The molecule has 0 nitrogen and oxygen atoms in total. The van der Waals surface area contributed by atoms with E-state index in [9.17, 15) is 0 Å². The summed E-state index contributed by atoms with van der Waals surface area (Å²) in [6.07, 6.45) is 5.85. The monoisotopic (exact) mass is 248 g/mol. The summed E-state index contributed by atoms with van der Waals surface area (Å²) in [6, 6.07) is 0. The van der Waals surface area contributed by atoms with Gasteiger partial charge in [0.1, 0.15) is 0 Å². The fraction of sp³-hybridized carbons (Fsp3) is 1.00. The lowest BCUT2D eigenvalue weighted by atomic mass is 9.44. The molecule has 0 aromatic carbocycles. The second-order valence-corrected chi connectivity index (χ2v) is 8.92. The van der Waals surface area contributed by atoms with Crippen LogP contribution < -0.4 is 0 Å². The van der Waals surface area contributed by atoms with Crippen LogP contribution in [0.1, 0.15) is 67.2 Å². The van der Waals surface area contributed by atoms with E-state index in [-0.39, 0.29) is 0 Å². The molecule has 0 saturated heterocycles. The van der Waals surface area contributed by atoms with Crippen molar-refractivity contribution in [2.24, 2.45) is 46.3 Å². The van der Waals surface area contributed by atoms with Crippen LogP contribution in [0.3, 0.4) is 0 Å². The van der Waals surface area contributed by atoms with Gasteiger partial charge in [0.05, 0.1) is 0 Å². The van der Waals surface area contributed by atoms with Crippen LogP contribution in [0.2, 0.25) is 0 Å². The van der Waals surface area contributed by atoms with E-state index in [0.717, 1.165) is 35.5 Å². The first-order chi connectivity index (χ1) is 8.32. The fourth-order valence-electron chi connectivity index (χ4n) is 7.24. The molecule has 6 atom stereocenters. The van der Waals surface area contributed by atoms with Gasteiger partial charge in [-0.3, -0.25) is 0 Å². The zero-order valence-corrected chi connectivity index (χ0v) is 13.3. The van der Waals surface area contributed by atoms with Gasteiger partial charge in [-0.25, -0.2) is 0 Å². The minimum absolute atomic E-state index is 0.611. The van der Waals surface area contributed by atoms with Crippen molar-refractivity contribution in [2.45, 2.75) is 67.2 Å². The average molecular weight is 248 g/mol. The third-order valence-corrected chi connectivity index (χ3v) is 7.24. The van der Waals surface area contributed by atoms with Gasteiger partial charge in [0.2, 0.25) is 0 Å². The normalized spacial score (nSPS) is 51.0. The molecule has 3 rings (SSSR count). The van der Waals surface area contributed by atoms with Crippen molar-refractivity contribution in [3.8, 4) is 0 Å². The van der Waals surface area contributed by atoms with Crippen molar-refractivity contribution in [3.05, 3.63) is 0 Å². The van der Waals surface area contributed by atoms with Gasteiger partial charge in [-0.1, -0.05) is 54.4 Å². The highest BCUT2D eigenvalue weighted by Gasteiger charge is 2.73. The summed E-state index contributed by atoms with van der Waals surface area (Å²) in [4.78, 5) is 0. The van der Waals surface area contributed by atoms with Crippen molar-refractivity contribution in [1.82, 2.24) is 0 Å². The van der Waals surface area contributed by atoms with Gasteiger partial charge in [-0.05, 0) is 59.2 Å². The zero-order valence-electron chi connectivity index (χ0n) is 13.3. The van der Waals surface area contributed by atoms with Crippen molar-refractivity contribution in [1.29, 1.82) is 0 Å². The molecule has 0 bridgehead atoms. The van der Waals surface area contributed by atoms with Crippen LogP contribution in [0.15, 0.2) is 0 Å². The molecular formula is C18H32. The number of unbranched alkanes of at least 4 members (excludes halogenated alkanes) is 1. The van der Waals surface area contributed by atoms with Crippen molar-refractivity contribution in [3.63, 3.8) is 0 Å². The van der Waals surface area contributed by atoms with E-state index in [2.05, 4.69) is 41.5 Å². The van der Waals surface area contributed by atoms with Crippen molar-refractivity contribution < 1.29 is 0 Å². The molecule has 3 aliphatic carbocycles. The molecule has 104 valence electrons. The van der Waals surface area contributed by atoms with E-state index < -0.39 is 0 Å². The Morgan fingerprint density at radius 2 is 1.78 bits per heavy atom. The molecule has 0 aromatic heterocycles. The molecule has 0 spiro atoms. The molecule has 0 aromatic rings. The minimum atomic E-state index is 0.611. The first kappa shape index (κ1) is 13.0. The fourth-order valence-corrected chi connectivity index (χ4v) is 7.24. The Kier molecular flexibility index (Phi) is 2.72. The standard InChI is InChI=1S/C18H32/c1-7-8-9-12-11(2)15-14-13(12)10-17(3,4)16(14)18(15,5)6/h11-16H,7-10H2,1-6H3/t11-,12+,13?,14?,15?,16?/m1/s1. The number of hydrogen-bond acceptors (Lipinski definition) is 0. The lowest BCUT2D eigenvalue weighted by molar-refractivity contribution is -0.127. The van der Waals surface area contributed by atoms with Crippen LogP contribution in [-0.2, 0) is 0 Å². The molecule has 0 heteroatoms. The summed E-state index contributed by atoms with van der Waals surface area (Å²) in [7, 11) is 0. The van der Waals surface area contributed by atoms with Crippen LogP contribution >= 0.6 is 0 Å². The molecule has 0 amide bonds. The van der Waals surface area contributed by atoms with Gasteiger partial charge >= 0.3 is 0 Å². The van der Waals surface area contributed by atoms with Gasteiger partial charge in [0.15, 0.2) is 0 Å². The molecular weight excluding hydrogens is 216 g/mol. The molecule has 18 heavy (non-hydrogen) atoms. The van der Waals surface area contributed by atoms with E-state index in [1.807, 2.05) is 0 Å². The molecule has 0 heterocycles. The van der Waals surface area contributed by atoms with Crippen molar-refractivity contribution in [2.75, 3.05) is 0 Å². The zero-order chi connectivity index (χ0) is 13.3. The minimum Gasteiger partial charge on any atom is -0.0654 e. The van der Waals surface area contributed by atoms with Crippen LogP contribution in [0.25, 0.3) is 0 Å². The molecule has 0 radical (unpaired) electrons. The molecule has 3 fully saturated rings. The first-order valence-corrected chi connectivity index (χ1v) is 8.32. The molecule has 3 saturated carbocycles. The Hall–Kier alpha value is 0. The summed E-state index contributed by atoms with van der Waals surface area (Å²) in [6.45, 7) is 15.2. The summed E-state index contributed by atoms with van der Waals surface area (Å²) in [5.74, 6) is 6.25. The maximum atomic E-state index is 2.58.